The van der Waals surface area contributed by atoms with Gasteiger partial charge in [-0.25, -0.2) is 0 Å². The lowest BCUT2D eigenvalue weighted by Crippen LogP contribution is -2.24. The van der Waals surface area contributed by atoms with E-state index in [0.29, 0.717) is 34.8 Å². The Hall–Kier alpha value is -1.46. The van der Waals surface area contributed by atoms with Gasteiger partial charge in [0.1, 0.15) is 22.4 Å². The number of rotatable bonds is 10. The van der Waals surface area contributed by atoms with Crippen LogP contribution in [-0.2, 0) is 6.42 Å². The summed E-state index contributed by atoms with van der Waals surface area (Å²) in [5.74, 6) is 2.57. The first-order chi connectivity index (χ1) is 14.7. The second-order valence-electron chi connectivity index (χ2n) is 7.71. The smallest absolute Gasteiger partial charge is 0.165 e. The van der Waals surface area contributed by atoms with Crippen molar-refractivity contribution in [2.24, 2.45) is 0 Å². The standard InChI is InChI=1S/C23H24Cl4O4.2CH4/c1-23(2)14-15-6-5-7-19(21(15)31-23)29-9-3-4-10-30-22-17(24)12-16(13-18(22)25)28-11-8-20(26)27;;/h5-8,12-13H,3-4,9-11,14H2,1-2H3;2*1H4. The van der Waals surface area contributed by atoms with Gasteiger partial charge in [-0.05, 0) is 38.8 Å². The molecule has 0 spiro atoms. The van der Waals surface area contributed by atoms with Crippen LogP contribution in [0.1, 0.15) is 47.1 Å². The molecule has 0 saturated heterocycles. The molecule has 184 valence electrons. The number of para-hydroxylation sites is 1. The van der Waals surface area contributed by atoms with Crippen LogP contribution >= 0.6 is 46.4 Å². The lowest BCUT2D eigenvalue weighted by molar-refractivity contribution is 0.132. The van der Waals surface area contributed by atoms with Crippen LogP contribution in [0.5, 0.6) is 23.0 Å². The van der Waals surface area contributed by atoms with Crippen LogP contribution in [0, 0.1) is 0 Å². The second-order valence-corrected chi connectivity index (χ2v) is 9.53. The van der Waals surface area contributed by atoms with E-state index >= 15 is 0 Å². The third-order valence-corrected chi connectivity index (χ3v) is 5.43. The molecule has 1 heterocycles. The van der Waals surface area contributed by atoms with Crippen molar-refractivity contribution in [3.63, 3.8) is 0 Å². The third kappa shape index (κ3) is 8.68. The Morgan fingerprint density at radius 1 is 1.00 bits per heavy atom. The van der Waals surface area contributed by atoms with Crippen LogP contribution < -0.4 is 18.9 Å². The highest BCUT2D eigenvalue weighted by atomic mass is 35.5. The maximum atomic E-state index is 6.28. The van der Waals surface area contributed by atoms with Crippen molar-refractivity contribution in [3.8, 4) is 23.0 Å². The number of fused-ring (bicyclic) bond motifs is 1. The molecule has 1 aliphatic rings. The van der Waals surface area contributed by atoms with E-state index in [1.807, 2.05) is 12.1 Å². The Morgan fingerprint density at radius 2 is 1.64 bits per heavy atom. The minimum absolute atomic E-state index is 0. The molecule has 2 aromatic carbocycles. The summed E-state index contributed by atoms with van der Waals surface area (Å²) in [6.07, 6.45) is 4.00. The molecule has 8 heteroatoms. The molecule has 1 aliphatic heterocycles. The first-order valence-electron chi connectivity index (χ1n) is 9.95. The molecular weight excluding hydrogens is 506 g/mol. The molecule has 2 aromatic rings. The fourth-order valence-electron chi connectivity index (χ4n) is 3.22. The summed E-state index contributed by atoms with van der Waals surface area (Å²) in [5.41, 5.74) is 0.993. The Bertz CT molecular complexity index is 917. The molecule has 0 radical (unpaired) electrons. The molecule has 0 aliphatic carbocycles. The van der Waals surface area contributed by atoms with Crippen molar-refractivity contribution in [2.45, 2.75) is 53.6 Å². The lowest BCUT2D eigenvalue weighted by atomic mass is 10.0. The van der Waals surface area contributed by atoms with Crippen molar-refractivity contribution in [1.29, 1.82) is 0 Å². The number of ether oxygens (including phenoxy) is 4. The van der Waals surface area contributed by atoms with Gasteiger partial charge in [-0.15, -0.1) is 0 Å². The third-order valence-electron chi connectivity index (χ3n) is 4.56. The van der Waals surface area contributed by atoms with Crippen LogP contribution in [0.25, 0.3) is 0 Å². The van der Waals surface area contributed by atoms with Crippen LogP contribution in [0.15, 0.2) is 40.9 Å². The zero-order chi connectivity index (χ0) is 22.4. The fourth-order valence-corrected chi connectivity index (χ4v) is 3.92. The minimum atomic E-state index is -0.192. The normalized spacial score (nSPS) is 13.0. The van der Waals surface area contributed by atoms with Crippen LogP contribution in [0.3, 0.4) is 0 Å². The average Bonchev–Trinajstić information content (AvgIpc) is 3.00. The molecule has 0 atom stereocenters. The Kier molecular flexibility index (Phi) is 12.0. The van der Waals surface area contributed by atoms with Gasteiger partial charge in [0, 0.05) is 24.1 Å². The zero-order valence-corrected chi connectivity index (χ0v) is 20.4. The van der Waals surface area contributed by atoms with E-state index in [0.717, 1.165) is 30.8 Å². The van der Waals surface area contributed by atoms with E-state index < -0.39 is 0 Å². The number of halogens is 4. The van der Waals surface area contributed by atoms with Crippen LogP contribution in [0.4, 0.5) is 0 Å². The molecule has 33 heavy (non-hydrogen) atoms. The molecule has 0 aromatic heterocycles. The van der Waals surface area contributed by atoms with E-state index in [-0.39, 0.29) is 31.6 Å². The molecular formula is C25H32Cl4O4. The molecule has 0 N–H and O–H groups in total. The number of hydrogen-bond acceptors (Lipinski definition) is 4. The van der Waals surface area contributed by atoms with Gasteiger partial charge in [-0.1, -0.05) is 73.4 Å². The minimum Gasteiger partial charge on any atom is -0.490 e. The van der Waals surface area contributed by atoms with Gasteiger partial charge in [0.05, 0.1) is 23.3 Å². The number of unbranched alkanes of at least 4 members (excludes halogenated alkanes) is 1. The summed E-state index contributed by atoms with van der Waals surface area (Å²) >= 11 is 23.7. The Balaban J connectivity index is 0.00000272. The SMILES string of the molecule is C.C.CC1(C)Cc2cccc(OCCCCOc3c(Cl)cc(OCC=C(Cl)Cl)cc3Cl)c2O1. The van der Waals surface area contributed by atoms with Gasteiger partial charge in [-0.2, -0.15) is 0 Å². The van der Waals surface area contributed by atoms with Gasteiger partial charge in [-0.3, -0.25) is 0 Å². The fraction of sp³-hybridized carbons (Fsp3) is 0.440. The van der Waals surface area contributed by atoms with Crippen molar-refractivity contribution in [3.05, 3.63) is 56.5 Å². The van der Waals surface area contributed by atoms with Crippen LogP contribution in [-0.4, -0.2) is 25.4 Å². The quantitative estimate of drug-likeness (QED) is 0.283. The highest BCUT2D eigenvalue weighted by Crippen LogP contribution is 2.42. The maximum Gasteiger partial charge on any atom is 0.165 e. The van der Waals surface area contributed by atoms with Gasteiger partial charge in [0.25, 0.3) is 0 Å². The van der Waals surface area contributed by atoms with E-state index in [1.54, 1.807) is 12.1 Å². The van der Waals surface area contributed by atoms with Crippen LogP contribution in [0.2, 0.25) is 10.0 Å². The zero-order valence-electron chi connectivity index (χ0n) is 17.4. The predicted molar refractivity (Wildman–Crippen MR) is 140 cm³/mol. The summed E-state index contributed by atoms with van der Waals surface area (Å²) in [4.78, 5) is 0. The predicted octanol–water partition coefficient (Wildman–Crippen LogP) is 8.91. The first-order valence-corrected chi connectivity index (χ1v) is 11.5. The summed E-state index contributed by atoms with van der Waals surface area (Å²) in [6.45, 7) is 5.39. The molecule has 0 saturated carbocycles. The molecule has 0 fully saturated rings. The molecule has 4 nitrogen and oxygen atoms in total. The monoisotopic (exact) mass is 536 g/mol. The van der Waals surface area contributed by atoms with E-state index in [1.165, 1.54) is 11.6 Å². The van der Waals surface area contributed by atoms with Crippen molar-refractivity contribution < 1.29 is 18.9 Å². The largest absolute Gasteiger partial charge is 0.490 e. The molecule has 0 bridgehead atoms. The summed E-state index contributed by atoms with van der Waals surface area (Å²) in [7, 11) is 0. The second kappa shape index (κ2) is 13.4. The highest BCUT2D eigenvalue weighted by molar-refractivity contribution is 6.55. The first kappa shape index (κ1) is 29.6. The summed E-state index contributed by atoms with van der Waals surface area (Å²) < 4.78 is 23.3. The van der Waals surface area contributed by atoms with E-state index in [2.05, 4.69) is 19.9 Å². The maximum absolute atomic E-state index is 6.28. The Morgan fingerprint density at radius 3 is 2.27 bits per heavy atom. The number of hydrogen-bond donors (Lipinski definition) is 0. The van der Waals surface area contributed by atoms with Gasteiger partial charge < -0.3 is 18.9 Å². The summed E-state index contributed by atoms with van der Waals surface area (Å²) in [5, 5.41) is 0.749. The Labute approximate surface area is 217 Å². The van der Waals surface area contributed by atoms with Crippen molar-refractivity contribution >= 4 is 46.4 Å². The van der Waals surface area contributed by atoms with Crippen molar-refractivity contribution in [2.75, 3.05) is 19.8 Å². The summed E-state index contributed by atoms with van der Waals surface area (Å²) in [6, 6.07) is 9.30. The molecule has 0 unspecified atom stereocenters. The molecule has 3 rings (SSSR count). The van der Waals surface area contributed by atoms with Gasteiger partial charge >= 0.3 is 0 Å². The highest BCUT2D eigenvalue weighted by Gasteiger charge is 2.32. The van der Waals surface area contributed by atoms with E-state index in [9.17, 15) is 0 Å². The van der Waals surface area contributed by atoms with Gasteiger partial charge in [0.2, 0.25) is 0 Å². The van der Waals surface area contributed by atoms with Crippen molar-refractivity contribution in [1.82, 2.24) is 0 Å². The van der Waals surface area contributed by atoms with Gasteiger partial charge in [0.15, 0.2) is 17.2 Å². The topological polar surface area (TPSA) is 36.9 Å². The van der Waals surface area contributed by atoms with E-state index in [4.69, 9.17) is 65.4 Å². The molecule has 0 amide bonds. The number of benzene rings is 2. The lowest BCUT2D eigenvalue weighted by Gasteiger charge is -2.18. The average molecular weight is 538 g/mol.